The van der Waals surface area contributed by atoms with Gasteiger partial charge in [0.1, 0.15) is 0 Å². The molecule has 0 aromatic carbocycles. The second-order valence-electron chi connectivity index (χ2n) is 2.88. The second kappa shape index (κ2) is 5.86. The highest BCUT2D eigenvalue weighted by atomic mass is 32.1. The van der Waals surface area contributed by atoms with Crippen molar-refractivity contribution in [3.8, 4) is 0 Å². The zero-order valence-corrected chi connectivity index (χ0v) is 7.85. The van der Waals surface area contributed by atoms with Gasteiger partial charge in [-0.25, -0.2) is 0 Å². The van der Waals surface area contributed by atoms with Gasteiger partial charge in [0.05, 0.1) is 6.61 Å². The fraction of sp³-hybridized carbons (Fsp3) is 1.00. The number of thiol groups is 1. The van der Waals surface area contributed by atoms with Crippen molar-refractivity contribution in [2.24, 2.45) is 0 Å². The minimum Gasteiger partial charge on any atom is -0.380 e. The van der Waals surface area contributed by atoms with Gasteiger partial charge in [0, 0.05) is 19.7 Å². The minimum absolute atomic E-state index is 0.909. The Labute approximate surface area is 74.3 Å². The summed E-state index contributed by atoms with van der Waals surface area (Å²) in [4.78, 5) is 2.46. The first-order valence-electron chi connectivity index (χ1n) is 4.34. The molecule has 0 amide bonds. The molecule has 1 fully saturated rings. The summed E-state index contributed by atoms with van der Waals surface area (Å²) in [6.07, 6.45) is 2.38. The van der Waals surface area contributed by atoms with Crippen molar-refractivity contribution in [3.63, 3.8) is 0 Å². The third-order valence-electron chi connectivity index (χ3n) is 1.95. The lowest BCUT2D eigenvalue weighted by molar-refractivity contribution is 0.141. The Hall–Kier alpha value is 0.270. The molecule has 0 atom stereocenters. The van der Waals surface area contributed by atoms with E-state index in [1.54, 1.807) is 0 Å². The molecule has 0 spiro atoms. The number of hydrogen-bond donors (Lipinski definition) is 1. The van der Waals surface area contributed by atoms with Crippen molar-refractivity contribution in [3.05, 3.63) is 0 Å². The molecule has 0 saturated carbocycles. The Morgan fingerprint density at radius 2 is 2.18 bits per heavy atom. The van der Waals surface area contributed by atoms with Crippen molar-refractivity contribution >= 4 is 12.6 Å². The molecule has 1 rings (SSSR count). The zero-order valence-electron chi connectivity index (χ0n) is 6.96. The summed E-state index contributed by atoms with van der Waals surface area (Å²) in [5.74, 6) is 0.997. The fourth-order valence-electron chi connectivity index (χ4n) is 1.32. The Balaban J connectivity index is 2.09. The fourth-order valence-corrected chi connectivity index (χ4v) is 1.46. The number of rotatable bonds is 3. The molecule has 1 saturated heterocycles. The van der Waals surface area contributed by atoms with Crippen LogP contribution in [-0.4, -0.2) is 43.5 Å². The standard InChI is InChI=1S/C8H17NOS/c11-8-2-4-9-3-1-6-10-7-5-9/h11H,1-8H2. The lowest BCUT2D eigenvalue weighted by atomic mass is 10.3. The van der Waals surface area contributed by atoms with E-state index < -0.39 is 0 Å². The van der Waals surface area contributed by atoms with Crippen LogP contribution in [0.3, 0.4) is 0 Å². The van der Waals surface area contributed by atoms with Crippen molar-refractivity contribution in [2.45, 2.75) is 12.8 Å². The first-order chi connectivity index (χ1) is 5.43. The van der Waals surface area contributed by atoms with Crippen LogP contribution in [0.4, 0.5) is 0 Å². The zero-order chi connectivity index (χ0) is 7.94. The Morgan fingerprint density at radius 3 is 3.00 bits per heavy atom. The van der Waals surface area contributed by atoms with Crippen molar-refractivity contribution in [2.75, 3.05) is 38.6 Å². The molecule has 0 bridgehead atoms. The molecule has 0 aromatic heterocycles. The minimum atomic E-state index is 0.909. The third kappa shape index (κ3) is 3.99. The van der Waals surface area contributed by atoms with Gasteiger partial charge in [-0.3, -0.25) is 0 Å². The molecule has 66 valence electrons. The van der Waals surface area contributed by atoms with E-state index in [2.05, 4.69) is 17.5 Å². The van der Waals surface area contributed by atoms with Gasteiger partial charge in [-0.05, 0) is 25.1 Å². The number of ether oxygens (including phenoxy) is 1. The predicted molar refractivity (Wildman–Crippen MR) is 50.3 cm³/mol. The molecule has 0 aliphatic carbocycles. The summed E-state index contributed by atoms with van der Waals surface area (Å²) in [7, 11) is 0. The summed E-state index contributed by atoms with van der Waals surface area (Å²) >= 11 is 4.19. The quantitative estimate of drug-likeness (QED) is 0.643. The Morgan fingerprint density at radius 1 is 1.27 bits per heavy atom. The van der Waals surface area contributed by atoms with Crippen LogP contribution in [0.15, 0.2) is 0 Å². The highest BCUT2D eigenvalue weighted by Gasteiger charge is 2.07. The van der Waals surface area contributed by atoms with Crippen LogP contribution < -0.4 is 0 Å². The van der Waals surface area contributed by atoms with E-state index in [1.807, 2.05) is 0 Å². The lowest BCUT2D eigenvalue weighted by Crippen LogP contribution is -2.27. The lowest BCUT2D eigenvalue weighted by Gasteiger charge is -2.17. The first-order valence-corrected chi connectivity index (χ1v) is 4.97. The maximum atomic E-state index is 5.34. The molecule has 11 heavy (non-hydrogen) atoms. The molecule has 2 nitrogen and oxygen atoms in total. The van der Waals surface area contributed by atoms with Gasteiger partial charge in [-0.2, -0.15) is 12.6 Å². The van der Waals surface area contributed by atoms with Gasteiger partial charge in [0.2, 0.25) is 0 Å². The van der Waals surface area contributed by atoms with E-state index in [4.69, 9.17) is 4.74 Å². The van der Waals surface area contributed by atoms with Crippen LogP contribution in [0, 0.1) is 0 Å². The van der Waals surface area contributed by atoms with Crippen LogP contribution in [0.1, 0.15) is 12.8 Å². The van der Waals surface area contributed by atoms with Crippen LogP contribution >= 0.6 is 12.6 Å². The molecular formula is C8H17NOS. The third-order valence-corrected chi connectivity index (χ3v) is 2.26. The van der Waals surface area contributed by atoms with E-state index in [0.29, 0.717) is 0 Å². The van der Waals surface area contributed by atoms with Gasteiger partial charge in [0.25, 0.3) is 0 Å². The van der Waals surface area contributed by atoms with Crippen LogP contribution in [0.5, 0.6) is 0 Å². The monoisotopic (exact) mass is 175 g/mol. The second-order valence-corrected chi connectivity index (χ2v) is 3.33. The largest absolute Gasteiger partial charge is 0.380 e. The molecular weight excluding hydrogens is 158 g/mol. The summed E-state index contributed by atoms with van der Waals surface area (Å²) in [5.41, 5.74) is 0. The van der Waals surface area contributed by atoms with Crippen LogP contribution in [0.25, 0.3) is 0 Å². The van der Waals surface area contributed by atoms with Gasteiger partial charge in [-0.1, -0.05) is 0 Å². The molecule has 0 N–H and O–H groups in total. The summed E-state index contributed by atoms with van der Waals surface area (Å²) < 4.78 is 5.34. The van der Waals surface area contributed by atoms with E-state index >= 15 is 0 Å². The highest BCUT2D eigenvalue weighted by Crippen LogP contribution is 2.00. The van der Waals surface area contributed by atoms with Crippen molar-refractivity contribution < 1.29 is 4.74 Å². The molecule has 0 radical (unpaired) electrons. The molecule has 0 unspecified atom stereocenters. The molecule has 1 aliphatic rings. The van der Waals surface area contributed by atoms with E-state index in [1.165, 1.54) is 25.9 Å². The summed E-state index contributed by atoms with van der Waals surface area (Å²) in [5, 5.41) is 0. The normalized spacial score (nSPS) is 21.5. The number of hydrogen-bond acceptors (Lipinski definition) is 3. The van der Waals surface area contributed by atoms with Crippen LogP contribution in [-0.2, 0) is 4.74 Å². The first kappa shape index (κ1) is 9.36. The topological polar surface area (TPSA) is 12.5 Å². The van der Waals surface area contributed by atoms with Crippen molar-refractivity contribution in [1.82, 2.24) is 4.90 Å². The summed E-state index contributed by atoms with van der Waals surface area (Å²) in [6.45, 7) is 5.35. The van der Waals surface area contributed by atoms with Gasteiger partial charge >= 0.3 is 0 Å². The van der Waals surface area contributed by atoms with E-state index in [0.717, 1.165) is 25.5 Å². The van der Waals surface area contributed by atoms with Gasteiger partial charge in [0.15, 0.2) is 0 Å². The maximum absolute atomic E-state index is 5.34. The molecule has 1 heterocycles. The van der Waals surface area contributed by atoms with E-state index in [-0.39, 0.29) is 0 Å². The van der Waals surface area contributed by atoms with Gasteiger partial charge in [-0.15, -0.1) is 0 Å². The predicted octanol–water partition coefficient (Wildman–Crippen LogP) is 1.03. The van der Waals surface area contributed by atoms with Gasteiger partial charge < -0.3 is 9.64 Å². The average molecular weight is 175 g/mol. The Kier molecular flexibility index (Phi) is 4.99. The average Bonchev–Trinajstić information content (AvgIpc) is 2.28. The summed E-state index contributed by atoms with van der Waals surface area (Å²) in [6, 6.07) is 0. The molecule has 3 heteroatoms. The van der Waals surface area contributed by atoms with Crippen molar-refractivity contribution in [1.29, 1.82) is 0 Å². The smallest absolute Gasteiger partial charge is 0.0593 e. The highest BCUT2D eigenvalue weighted by molar-refractivity contribution is 7.80. The number of nitrogens with zero attached hydrogens (tertiary/aromatic N) is 1. The van der Waals surface area contributed by atoms with E-state index in [9.17, 15) is 0 Å². The van der Waals surface area contributed by atoms with Crippen LogP contribution in [0.2, 0.25) is 0 Å². The molecule has 1 aliphatic heterocycles. The Bertz CT molecular complexity index is 92.1. The maximum Gasteiger partial charge on any atom is 0.0593 e. The molecule has 0 aromatic rings. The SMILES string of the molecule is SCCCN1CCCOCC1.